The van der Waals surface area contributed by atoms with E-state index in [9.17, 15) is 14.7 Å². The van der Waals surface area contributed by atoms with Crippen molar-refractivity contribution in [3.8, 4) is 0 Å². The number of rotatable bonds is 1. The molecule has 2 aromatic rings. The van der Waals surface area contributed by atoms with Crippen LogP contribution in [0.25, 0.3) is 10.8 Å². The van der Waals surface area contributed by atoms with Crippen molar-refractivity contribution in [2.24, 2.45) is 5.41 Å². The fourth-order valence-corrected chi connectivity index (χ4v) is 5.10. The van der Waals surface area contributed by atoms with E-state index in [1.165, 1.54) is 4.68 Å². The average Bonchev–Trinajstić information content (AvgIpc) is 2.57. The smallest absolute Gasteiger partial charge is 0.274 e. The van der Waals surface area contributed by atoms with Gasteiger partial charge in [0.2, 0.25) is 0 Å². The molecule has 1 saturated carbocycles. The molecule has 0 amide bonds. The Morgan fingerprint density at radius 2 is 1.69 bits per heavy atom. The van der Waals surface area contributed by atoms with Gasteiger partial charge in [-0.2, -0.15) is 0 Å². The summed E-state index contributed by atoms with van der Waals surface area (Å²) < 4.78 is 3.14. The van der Waals surface area contributed by atoms with E-state index < -0.39 is 17.7 Å². The van der Waals surface area contributed by atoms with Crippen LogP contribution in [-0.2, 0) is 5.54 Å². The molecule has 1 N–H and O–H groups in total. The zero-order chi connectivity index (χ0) is 18.9. The minimum atomic E-state index is -0.769. The molecular weight excluding hydrogens is 328 g/mol. The van der Waals surface area contributed by atoms with Crippen LogP contribution in [0.5, 0.6) is 0 Å². The summed E-state index contributed by atoms with van der Waals surface area (Å²) in [5, 5.41) is 11.3. The number of hydrogen-bond donors (Lipinski definition) is 1. The Hall–Kier alpha value is -2.14. The molecule has 26 heavy (non-hydrogen) atoms. The Labute approximate surface area is 152 Å². The Morgan fingerprint density at radius 1 is 1.08 bits per heavy atom. The van der Waals surface area contributed by atoms with Gasteiger partial charge in [0, 0.05) is 0 Å². The summed E-state index contributed by atoms with van der Waals surface area (Å²) in [5.74, 6) is 0. The Bertz CT molecular complexity index is 1040. The normalized spacial score (nSPS) is 28.2. The molecule has 5 heteroatoms. The summed E-state index contributed by atoms with van der Waals surface area (Å²) >= 11 is 0. The van der Waals surface area contributed by atoms with Crippen molar-refractivity contribution in [2.75, 3.05) is 0 Å². The first-order valence-electron chi connectivity index (χ1n) is 9.36. The monoisotopic (exact) mass is 354 g/mol. The van der Waals surface area contributed by atoms with Crippen molar-refractivity contribution < 1.29 is 5.11 Å². The highest BCUT2D eigenvalue weighted by Gasteiger charge is 2.48. The maximum absolute atomic E-state index is 13.5. The molecule has 2 heterocycles. The Kier molecular flexibility index (Phi) is 3.61. The Morgan fingerprint density at radius 3 is 2.31 bits per heavy atom. The van der Waals surface area contributed by atoms with E-state index in [1.807, 2.05) is 6.08 Å². The number of hydrogen-bond acceptors (Lipinski definition) is 3. The topological polar surface area (TPSA) is 64.2 Å². The molecule has 5 nitrogen and oxygen atoms in total. The molecule has 1 fully saturated rings. The highest BCUT2D eigenvalue weighted by molar-refractivity contribution is 5.80. The van der Waals surface area contributed by atoms with Crippen LogP contribution in [-0.4, -0.2) is 20.6 Å². The third-order valence-electron chi connectivity index (χ3n) is 6.36. The van der Waals surface area contributed by atoms with Gasteiger partial charge < -0.3 is 5.11 Å². The second kappa shape index (κ2) is 5.43. The highest BCUT2D eigenvalue weighted by atomic mass is 16.3. The van der Waals surface area contributed by atoms with Gasteiger partial charge in [-0.15, -0.1) is 0 Å². The summed E-state index contributed by atoms with van der Waals surface area (Å²) in [6.45, 7) is 8.12. The average molecular weight is 354 g/mol. The Balaban J connectivity index is 2.18. The van der Waals surface area contributed by atoms with Crippen molar-refractivity contribution in [3.63, 3.8) is 0 Å². The molecule has 1 aromatic carbocycles. The molecule has 3 atom stereocenters. The van der Waals surface area contributed by atoms with Crippen LogP contribution >= 0.6 is 0 Å². The highest BCUT2D eigenvalue weighted by Crippen LogP contribution is 2.51. The number of nitrogens with zero attached hydrogens (tertiary/aromatic N) is 2. The number of benzene rings is 1. The largest absolute Gasteiger partial charge is 0.391 e. The summed E-state index contributed by atoms with van der Waals surface area (Å²) in [5.41, 5.74) is 0.154. The van der Waals surface area contributed by atoms with Gasteiger partial charge in [0.1, 0.15) is 0 Å². The van der Waals surface area contributed by atoms with Crippen LogP contribution in [0.15, 0.2) is 45.5 Å². The summed E-state index contributed by atoms with van der Waals surface area (Å²) in [6, 6.07) is 6.44. The number of fused-ring (bicyclic) bond motifs is 4. The predicted octanol–water partition coefficient (Wildman–Crippen LogP) is 2.95. The fourth-order valence-electron chi connectivity index (χ4n) is 5.10. The SMILES string of the molecule is CC(O)C1C=C2C(C)(C)CCCC2(C)n2c(=O)c3ccccc3c(=O)n21. The molecule has 0 saturated heterocycles. The van der Waals surface area contributed by atoms with E-state index in [-0.39, 0.29) is 16.5 Å². The van der Waals surface area contributed by atoms with Crippen molar-refractivity contribution >= 4 is 10.8 Å². The van der Waals surface area contributed by atoms with Gasteiger partial charge in [0.15, 0.2) is 0 Å². The van der Waals surface area contributed by atoms with Gasteiger partial charge in [-0.3, -0.25) is 9.59 Å². The quantitative estimate of drug-likeness (QED) is 0.801. The van der Waals surface area contributed by atoms with Crippen molar-refractivity contribution in [2.45, 2.75) is 64.6 Å². The maximum Gasteiger partial charge on any atom is 0.274 e. The summed E-state index contributed by atoms with van der Waals surface area (Å²) in [7, 11) is 0. The zero-order valence-corrected chi connectivity index (χ0v) is 15.8. The lowest BCUT2D eigenvalue weighted by Crippen LogP contribution is -2.57. The third kappa shape index (κ3) is 2.13. The summed E-state index contributed by atoms with van der Waals surface area (Å²) in [4.78, 5) is 26.7. The van der Waals surface area contributed by atoms with Gasteiger partial charge in [-0.1, -0.05) is 32.1 Å². The van der Waals surface area contributed by atoms with E-state index in [0.29, 0.717) is 10.8 Å². The van der Waals surface area contributed by atoms with E-state index >= 15 is 0 Å². The van der Waals surface area contributed by atoms with Gasteiger partial charge in [0.25, 0.3) is 11.1 Å². The van der Waals surface area contributed by atoms with E-state index in [2.05, 4.69) is 20.8 Å². The lowest BCUT2D eigenvalue weighted by atomic mass is 9.63. The predicted molar refractivity (Wildman–Crippen MR) is 103 cm³/mol. The number of aliphatic hydroxyl groups excluding tert-OH is 1. The molecule has 3 unspecified atom stereocenters. The van der Waals surface area contributed by atoms with Gasteiger partial charge >= 0.3 is 0 Å². The second-order valence-corrected chi connectivity index (χ2v) is 8.64. The van der Waals surface area contributed by atoms with Crippen LogP contribution in [0.1, 0.15) is 53.0 Å². The number of allylic oxidation sites excluding steroid dienone is 1. The van der Waals surface area contributed by atoms with E-state index in [1.54, 1.807) is 35.9 Å². The molecule has 1 aromatic heterocycles. The molecule has 0 radical (unpaired) electrons. The second-order valence-electron chi connectivity index (χ2n) is 8.64. The molecule has 0 bridgehead atoms. The van der Waals surface area contributed by atoms with Crippen LogP contribution in [0.2, 0.25) is 0 Å². The van der Waals surface area contributed by atoms with Crippen LogP contribution in [0.3, 0.4) is 0 Å². The first-order valence-corrected chi connectivity index (χ1v) is 9.36. The lowest BCUT2D eigenvalue weighted by molar-refractivity contribution is 0.0817. The molecule has 1 aliphatic heterocycles. The number of aromatic nitrogens is 2. The first kappa shape index (κ1) is 17.3. The fraction of sp³-hybridized carbons (Fsp3) is 0.524. The standard InChI is InChI=1S/C21H26N2O3/c1-13(24)16-12-17-20(2,3)10-7-11-21(17,4)23-19(26)15-9-6-5-8-14(15)18(25)22(16)23/h5-6,8-9,12-13,16,24H,7,10-11H2,1-4H3. The first-order chi connectivity index (χ1) is 12.2. The van der Waals surface area contributed by atoms with Gasteiger partial charge in [-0.05, 0) is 56.2 Å². The van der Waals surface area contributed by atoms with Crippen LogP contribution in [0.4, 0.5) is 0 Å². The minimum Gasteiger partial charge on any atom is -0.391 e. The van der Waals surface area contributed by atoms with Crippen molar-refractivity contribution in [1.29, 1.82) is 0 Å². The number of aliphatic hydroxyl groups is 1. The van der Waals surface area contributed by atoms with E-state index in [4.69, 9.17) is 0 Å². The van der Waals surface area contributed by atoms with Crippen molar-refractivity contribution in [3.05, 3.63) is 56.6 Å². The van der Waals surface area contributed by atoms with E-state index in [0.717, 1.165) is 24.8 Å². The molecule has 2 aliphatic rings. The minimum absolute atomic E-state index is 0.0769. The van der Waals surface area contributed by atoms with Crippen LogP contribution in [0, 0.1) is 5.41 Å². The van der Waals surface area contributed by atoms with Gasteiger partial charge in [-0.25, -0.2) is 9.36 Å². The lowest BCUT2D eigenvalue weighted by Gasteiger charge is -2.51. The molecule has 138 valence electrons. The zero-order valence-electron chi connectivity index (χ0n) is 15.8. The molecule has 1 aliphatic carbocycles. The third-order valence-corrected chi connectivity index (χ3v) is 6.36. The van der Waals surface area contributed by atoms with Gasteiger partial charge in [0.05, 0.1) is 28.5 Å². The maximum atomic E-state index is 13.5. The molecule has 4 rings (SSSR count). The molecule has 0 spiro atoms. The van der Waals surface area contributed by atoms with Crippen LogP contribution < -0.4 is 11.1 Å². The summed E-state index contributed by atoms with van der Waals surface area (Å²) in [6.07, 6.45) is 4.11. The van der Waals surface area contributed by atoms with Crippen molar-refractivity contribution in [1.82, 2.24) is 9.36 Å². The molecular formula is C21H26N2O3.